The van der Waals surface area contributed by atoms with Crippen LogP contribution in [0.4, 0.5) is 0 Å². The molecule has 0 aromatic carbocycles. The summed E-state index contributed by atoms with van der Waals surface area (Å²) >= 11 is 0. The minimum Gasteiger partial charge on any atom is -0.0656 e. The van der Waals surface area contributed by atoms with Crippen molar-refractivity contribution < 1.29 is 0 Å². The van der Waals surface area contributed by atoms with Crippen LogP contribution in [-0.2, 0) is 0 Å². The minimum absolute atomic E-state index is 0.618. The summed E-state index contributed by atoms with van der Waals surface area (Å²) < 4.78 is 0. The zero-order chi connectivity index (χ0) is 13.1. The van der Waals surface area contributed by atoms with E-state index in [4.69, 9.17) is 0 Å². The lowest BCUT2D eigenvalue weighted by Crippen LogP contribution is -2.45. The first kappa shape index (κ1) is 15.1. The maximum absolute atomic E-state index is 2.56. The monoisotopic (exact) mass is 238 g/mol. The molecule has 0 bridgehead atoms. The zero-order valence-electron chi connectivity index (χ0n) is 13.1. The van der Waals surface area contributed by atoms with Crippen molar-refractivity contribution in [2.24, 2.45) is 22.7 Å². The van der Waals surface area contributed by atoms with E-state index in [2.05, 4.69) is 41.5 Å². The van der Waals surface area contributed by atoms with Crippen LogP contribution in [0.2, 0.25) is 0 Å². The molecule has 0 amide bonds. The molecule has 0 heteroatoms. The summed E-state index contributed by atoms with van der Waals surface area (Å²) in [4.78, 5) is 0. The molecule has 2 rings (SSSR count). The lowest BCUT2D eigenvalue weighted by Gasteiger charge is -2.55. The fourth-order valence-electron chi connectivity index (χ4n) is 4.57. The standard InChI is InChI=1S/C14H26.C3H8/c1-11-6-7-12-13(2,3)8-5-9-14(12,4)10-11;1-3-2/h11-12H,5-10H2,1-4H3;3H2,1-2H3. The van der Waals surface area contributed by atoms with Gasteiger partial charge in [-0.15, -0.1) is 0 Å². The van der Waals surface area contributed by atoms with Gasteiger partial charge in [0, 0.05) is 0 Å². The van der Waals surface area contributed by atoms with Crippen LogP contribution in [-0.4, -0.2) is 0 Å². The third-order valence-corrected chi connectivity index (χ3v) is 5.12. The van der Waals surface area contributed by atoms with E-state index in [-0.39, 0.29) is 0 Å². The smallest absolute Gasteiger partial charge is 0.0290 e. The van der Waals surface area contributed by atoms with Crippen LogP contribution < -0.4 is 0 Å². The van der Waals surface area contributed by atoms with Gasteiger partial charge in [-0.3, -0.25) is 0 Å². The maximum atomic E-state index is 2.56. The Morgan fingerprint density at radius 2 is 1.59 bits per heavy atom. The van der Waals surface area contributed by atoms with E-state index in [1.165, 1.54) is 44.9 Å². The SMILES string of the molecule is CC1CCC2C(C)(C)CCCC2(C)C1.CCC. The predicted molar refractivity (Wildman–Crippen MR) is 78.2 cm³/mol. The Morgan fingerprint density at radius 1 is 1.00 bits per heavy atom. The second-order valence-corrected chi connectivity index (χ2v) is 7.64. The molecule has 0 saturated heterocycles. The van der Waals surface area contributed by atoms with E-state index in [0.29, 0.717) is 10.8 Å². The van der Waals surface area contributed by atoms with E-state index >= 15 is 0 Å². The lowest BCUT2D eigenvalue weighted by atomic mass is 9.50. The van der Waals surface area contributed by atoms with Crippen LogP contribution in [0.1, 0.15) is 86.5 Å². The van der Waals surface area contributed by atoms with E-state index in [1.807, 2.05) is 0 Å². The molecule has 0 N–H and O–H groups in total. The molecule has 0 nitrogen and oxygen atoms in total. The molecule has 0 heterocycles. The van der Waals surface area contributed by atoms with Crippen LogP contribution in [0.25, 0.3) is 0 Å². The summed E-state index contributed by atoms with van der Waals surface area (Å²) in [5.41, 5.74) is 1.30. The van der Waals surface area contributed by atoms with Crippen LogP contribution >= 0.6 is 0 Å². The van der Waals surface area contributed by atoms with Gasteiger partial charge in [0.1, 0.15) is 0 Å². The largest absolute Gasteiger partial charge is 0.0656 e. The minimum atomic E-state index is 0.618. The summed E-state index contributed by atoms with van der Waals surface area (Å²) in [6.07, 6.45) is 10.1. The second-order valence-electron chi connectivity index (χ2n) is 7.64. The summed E-state index contributed by atoms with van der Waals surface area (Å²) in [5, 5.41) is 0. The molecule has 2 aliphatic rings. The number of hydrogen-bond donors (Lipinski definition) is 0. The molecule has 0 radical (unpaired) electrons. The van der Waals surface area contributed by atoms with Gasteiger partial charge >= 0.3 is 0 Å². The Balaban J connectivity index is 0.000000437. The van der Waals surface area contributed by atoms with Crippen LogP contribution in [0.15, 0.2) is 0 Å². The molecule has 2 aliphatic carbocycles. The Kier molecular flexibility index (Phi) is 5.10. The first-order valence-corrected chi connectivity index (χ1v) is 7.85. The summed E-state index contributed by atoms with van der Waals surface area (Å²) in [6.45, 7) is 14.3. The van der Waals surface area contributed by atoms with Crippen LogP contribution in [0.5, 0.6) is 0 Å². The molecule has 2 fully saturated rings. The molecule has 0 aromatic heterocycles. The van der Waals surface area contributed by atoms with E-state index in [0.717, 1.165) is 11.8 Å². The highest BCUT2D eigenvalue weighted by Gasteiger charge is 2.48. The van der Waals surface area contributed by atoms with Gasteiger partial charge in [-0.05, 0) is 48.3 Å². The molecule has 2 saturated carbocycles. The average molecular weight is 238 g/mol. The van der Waals surface area contributed by atoms with Gasteiger partial charge < -0.3 is 0 Å². The number of hydrogen-bond acceptors (Lipinski definition) is 0. The van der Waals surface area contributed by atoms with Gasteiger partial charge in [0.2, 0.25) is 0 Å². The maximum Gasteiger partial charge on any atom is -0.0290 e. The van der Waals surface area contributed by atoms with Crippen molar-refractivity contribution in [1.82, 2.24) is 0 Å². The van der Waals surface area contributed by atoms with E-state index in [1.54, 1.807) is 0 Å². The Bertz CT molecular complexity index is 228. The third-order valence-electron chi connectivity index (χ3n) is 5.12. The van der Waals surface area contributed by atoms with Gasteiger partial charge in [0.15, 0.2) is 0 Å². The summed E-state index contributed by atoms with van der Waals surface area (Å²) in [6, 6.07) is 0. The number of rotatable bonds is 0. The fourth-order valence-corrected chi connectivity index (χ4v) is 4.57. The van der Waals surface area contributed by atoms with Crippen LogP contribution in [0.3, 0.4) is 0 Å². The number of fused-ring (bicyclic) bond motifs is 1. The predicted octanol–water partition coefficient (Wildman–Crippen LogP) is 6.06. The normalized spacial score (nSPS) is 39.9. The third kappa shape index (κ3) is 3.48. The first-order valence-electron chi connectivity index (χ1n) is 7.85. The highest BCUT2D eigenvalue weighted by molar-refractivity contribution is 4.98. The first-order chi connectivity index (χ1) is 7.85. The molecular weight excluding hydrogens is 204 g/mol. The Labute approximate surface area is 110 Å². The van der Waals surface area contributed by atoms with Crippen molar-refractivity contribution >= 4 is 0 Å². The average Bonchev–Trinajstić information content (AvgIpc) is 2.15. The quantitative estimate of drug-likeness (QED) is 0.481. The summed E-state index contributed by atoms with van der Waals surface area (Å²) in [5.74, 6) is 1.98. The summed E-state index contributed by atoms with van der Waals surface area (Å²) in [7, 11) is 0. The highest BCUT2D eigenvalue weighted by Crippen LogP contribution is 2.58. The van der Waals surface area contributed by atoms with Crippen molar-refractivity contribution in [1.29, 1.82) is 0 Å². The second kappa shape index (κ2) is 5.76. The van der Waals surface area contributed by atoms with Gasteiger partial charge in [0.05, 0.1) is 0 Å². The molecule has 3 unspecified atom stereocenters. The molecule has 17 heavy (non-hydrogen) atoms. The molecule has 3 atom stereocenters. The molecule has 0 spiro atoms. The topological polar surface area (TPSA) is 0 Å². The van der Waals surface area contributed by atoms with Crippen molar-refractivity contribution in [2.75, 3.05) is 0 Å². The molecule has 0 aromatic rings. The van der Waals surface area contributed by atoms with Gasteiger partial charge in [-0.25, -0.2) is 0 Å². The van der Waals surface area contributed by atoms with Crippen molar-refractivity contribution in [3.05, 3.63) is 0 Å². The fraction of sp³-hybridized carbons (Fsp3) is 1.00. The molecule has 0 aliphatic heterocycles. The van der Waals surface area contributed by atoms with Gasteiger partial charge in [0.25, 0.3) is 0 Å². The molecule has 102 valence electrons. The molecular formula is C17H34. The highest BCUT2D eigenvalue weighted by atomic mass is 14.5. The Hall–Kier alpha value is 0. The lowest BCUT2D eigenvalue weighted by molar-refractivity contribution is -0.0468. The zero-order valence-corrected chi connectivity index (χ0v) is 13.1. The van der Waals surface area contributed by atoms with Crippen LogP contribution in [0, 0.1) is 22.7 Å². The Morgan fingerprint density at radius 3 is 2.18 bits per heavy atom. The van der Waals surface area contributed by atoms with Gasteiger partial charge in [-0.2, -0.15) is 0 Å². The van der Waals surface area contributed by atoms with Gasteiger partial charge in [-0.1, -0.05) is 60.8 Å². The van der Waals surface area contributed by atoms with E-state index < -0.39 is 0 Å². The van der Waals surface area contributed by atoms with Crippen molar-refractivity contribution in [2.45, 2.75) is 86.5 Å². The van der Waals surface area contributed by atoms with E-state index in [9.17, 15) is 0 Å². The van der Waals surface area contributed by atoms with Crippen molar-refractivity contribution in [3.8, 4) is 0 Å². The van der Waals surface area contributed by atoms with Crippen molar-refractivity contribution in [3.63, 3.8) is 0 Å².